The highest BCUT2D eigenvalue weighted by atomic mass is 16.2. The molecule has 3 rings (SSSR count). The molecule has 5 nitrogen and oxygen atoms in total. The first-order valence-electron chi connectivity index (χ1n) is 8.46. The summed E-state index contributed by atoms with van der Waals surface area (Å²) in [6, 6.07) is 12.8. The molecule has 3 amide bonds. The number of urea groups is 1. The van der Waals surface area contributed by atoms with Crippen molar-refractivity contribution in [1.29, 1.82) is 0 Å². The molecule has 1 saturated heterocycles. The summed E-state index contributed by atoms with van der Waals surface area (Å²) in [7, 11) is 0. The average molecular weight is 337 g/mol. The van der Waals surface area contributed by atoms with Crippen LogP contribution in [-0.4, -0.2) is 24.5 Å². The fourth-order valence-electron chi connectivity index (χ4n) is 3.22. The van der Waals surface area contributed by atoms with E-state index in [1.54, 1.807) is 4.90 Å². The lowest BCUT2D eigenvalue weighted by atomic mass is 10.1. The van der Waals surface area contributed by atoms with Crippen molar-refractivity contribution in [3.8, 4) is 0 Å². The number of rotatable bonds is 3. The summed E-state index contributed by atoms with van der Waals surface area (Å²) in [5.74, 6) is -0.0654. The van der Waals surface area contributed by atoms with Crippen molar-refractivity contribution in [2.75, 3.05) is 16.8 Å². The minimum Gasteiger partial charge on any atom is -0.326 e. The summed E-state index contributed by atoms with van der Waals surface area (Å²) in [5, 5.41) is 5.57. The summed E-state index contributed by atoms with van der Waals surface area (Å²) in [5.41, 5.74) is 4.92. The highest BCUT2D eigenvalue weighted by Gasteiger charge is 2.33. The lowest BCUT2D eigenvalue weighted by Gasteiger charge is -2.18. The molecule has 1 fully saturated rings. The van der Waals surface area contributed by atoms with Crippen molar-refractivity contribution < 1.29 is 9.59 Å². The molecule has 5 heteroatoms. The minimum absolute atomic E-state index is 0.0654. The third kappa shape index (κ3) is 3.99. The number of nitrogens with zero attached hydrogens (tertiary/aromatic N) is 1. The van der Waals surface area contributed by atoms with Crippen LogP contribution >= 0.6 is 0 Å². The van der Waals surface area contributed by atoms with Crippen LogP contribution in [0.4, 0.5) is 16.2 Å². The monoisotopic (exact) mass is 337 g/mol. The number of hydrogen-bond acceptors (Lipinski definition) is 2. The molecule has 0 aliphatic carbocycles. The maximum atomic E-state index is 12.7. The summed E-state index contributed by atoms with van der Waals surface area (Å²) in [6.07, 6.45) is 0.604. The first-order chi connectivity index (χ1) is 11.9. The lowest BCUT2D eigenvalue weighted by molar-refractivity contribution is -0.118. The highest BCUT2D eigenvalue weighted by Crippen LogP contribution is 2.24. The lowest BCUT2D eigenvalue weighted by Crippen LogP contribution is -2.43. The number of benzene rings is 2. The Balaban J connectivity index is 1.64. The topological polar surface area (TPSA) is 61.4 Å². The molecular weight excluding hydrogens is 314 g/mol. The van der Waals surface area contributed by atoms with Gasteiger partial charge in [-0.25, -0.2) is 4.79 Å². The van der Waals surface area contributed by atoms with Gasteiger partial charge in [0.2, 0.25) is 5.91 Å². The predicted molar refractivity (Wildman–Crippen MR) is 100 cm³/mol. The summed E-state index contributed by atoms with van der Waals surface area (Å²) < 4.78 is 0. The number of nitrogens with one attached hydrogen (secondary N) is 2. The Labute approximate surface area is 148 Å². The van der Waals surface area contributed by atoms with Gasteiger partial charge in [0.05, 0.1) is 0 Å². The van der Waals surface area contributed by atoms with E-state index >= 15 is 0 Å². The van der Waals surface area contributed by atoms with E-state index in [0.29, 0.717) is 18.7 Å². The van der Waals surface area contributed by atoms with Crippen LogP contribution in [0.1, 0.15) is 23.1 Å². The molecule has 2 aromatic carbocycles. The molecule has 2 aromatic rings. The molecule has 2 N–H and O–H groups in total. The van der Waals surface area contributed by atoms with Gasteiger partial charge >= 0.3 is 6.03 Å². The second-order valence-electron chi connectivity index (χ2n) is 6.64. The molecule has 0 saturated carbocycles. The van der Waals surface area contributed by atoms with E-state index in [2.05, 4.69) is 16.7 Å². The molecule has 1 aliphatic heterocycles. The van der Waals surface area contributed by atoms with Crippen LogP contribution in [0.3, 0.4) is 0 Å². The molecule has 0 bridgehead atoms. The Hall–Kier alpha value is -2.82. The van der Waals surface area contributed by atoms with Gasteiger partial charge in [-0.2, -0.15) is 0 Å². The third-order valence-electron chi connectivity index (χ3n) is 4.30. The quantitative estimate of drug-likeness (QED) is 0.900. The predicted octanol–water partition coefficient (Wildman–Crippen LogP) is 3.54. The number of hydrogen-bond donors (Lipinski definition) is 2. The fraction of sp³-hybridized carbons (Fsp3) is 0.300. The van der Waals surface area contributed by atoms with Crippen LogP contribution in [0.2, 0.25) is 0 Å². The molecule has 25 heavy (non-hydrogen) atoms. The van der Waals surface area contributed by atoms with Crippen LogP contribution in [0.25, 0.3) is 0 Å². The van der Waals surface area contributed by atoms with Gasteiger partial charge in [-0.15, -0.1) is 0 Å². The highest BCUT2D eigenvalue weighted by molar-refractivity contribution is 6.02. The molecule has 0 aromatic heterocycles. The zero-order valence-corrected chi connectivity index (χ0v) is 14.8. The molecule has 1 unspecified atom stereocenters. The van der Waals surface area contributed by atoms with Gasteiger partial charge in [-0.05, 0) is 68.1 Å². The fourth-order valence-corrected chi connectivity index (χ4v) is 3.22. The Morgan fingerprint density at radius 3 is 2.44 bits per heavy atom. The van der Waals surface area contributed by atoms with E-state index in [1.807, 2.05) is 57.2 Å². The molecule has 0 spiro atoms. The Morgan fingerprint density at radius 1 is 1.04 bits per heavy atom. The van der Waals surface area contributed by atoms with Crippen molar-refractivity contribution in [3.63, 3.8) is 0 Å². The van der Waals surface area contributed by atoms with E-state index in [0.717, 1.165) is 22.4 Å². The average Bonchev–Trinajstić information content (AvgIpc) is 2.87. The normalized spacial score (nSPS) is 16.8. The second-order valence-corrected chi connectivity index (χ2v) is 6.64. The summed E-state index contributed by atoms with van der Waals surface area (Å²) in [6.45, 7) is 6.60. The molecule has 0 radical (unpaired) electrons. The smallest absolute Gasteiger partial charge is 0.319 e. The van der Waals surface area contributed by atoms with Crippen molar-refractivity contribution in [1.82, 2.24) is 5.32 Å². The van der Waals surface area contributed by atoms with Gasteiger partial charge in [0.25, 0.3) is 0 Å². The third-order valence-corrected chi connectivity index (χ3v) is 4.30. The van der Waals surface area contributed by atoms with Crippen molar-refractivity contribution in [2.45, 2.75) is 33.2 Å². The Morgan fingerprint density at radius 2 is 1.76 bits per heavy atom. The first kappa shape index (κ1) is 17.0. The van der Waals surface area contributed by atoms with E-state index in [9.17, 15) is 9.59 Å². The Kier molecular flexibility index (Phi) is 4.74. The van der Waals surface area contributed by atoms with Gasteiger partial charge < -0.3 is 15.5 Å². The maximum absolute atomic E-state index is 12.7. The van der Waals surface area contributed by atoms with E-state index in [1.165, 1.54) is 0 Å². The second kappa shape index (κ2) is 6.97. The molecule has 130 valence electrons. The van der Waals surface area contributed by atoms with Gasteiger partial charge in [-0.3, -0.25) is 4.79 Å². The Bertz CT molecular complexity index is 796. The summed E-state index contributed by atoms with van der Waals surface area (Å²) >= 11 is 0. The van der Waals surface area contributed by atoms with Gasteiger partial charge in [0.1, 0.15) is 6.04 Å². The SMILES string of the molecule is Cc1cccc(NC(=O)NC2CCN(c3cc(C)cc(C)c3)C2=O)c1. The molecule has 1 atom stereocenters. The molecule has 1 heterocycles. The van der Waals surface area contributed by atoms with Crippen LogP contribution < -0.4 is 15.5 Å². The van der Waals surface area contributed by atoms with Crippen LogP contribution in [0.5, 0.6) is 0 Å². The van der Waals surface area contributed by atoms with Crippen molar-refractivity contribution in [3.05, 3.63) is 59.2 Å². The number of anilines is 2. The van der Waals surface area contributed by atoms with Crippen molar-refractivity contribution in [2.24, 2.45) is 0 Å². The van der Waals surface area contributed by atoms with Crippen molar-refractivity contribution >= 4 is 23.3 Å². The zero-order valence-electron chi connectivity index (χ0n) is 14.8. The minimum atomic E-state index is -0.495. The van der Waals surface area contributed by atoms with Gasteiger partial charge in [0, 0.05) is 17.9 Å². The standard InChI is InChI=1S/C20H23N3O2/c1-13-5-4-6-16(10-13)21-20(25)22-18-7-8-23(19(18)24)17-11-14(2)9-15(3)12-17/h4-6,9-12,18H,7-8H2,1-3H3,(H2,21,22,25). The number of amides is 3. The van der Waals surface area contributed by atoms with E-state index in [-0.39, 0.29) is 11.9 Å². The maximum Gasteiger partial charge on any atom is 0.319 e. The van der Waals surface area contributed by atoms with E-state index < -0.39 is 6.04 Å². The largest absolute Gasteiger partial charge is 0.326 e. The van der Waals surface area contributed by atoms with Crippen LogP contribution in [-0.2, 0) is 4.79 Å². The van der Waals surface area contributed by atoms with E-state index in [4.69, 9.17) is 0 Å². The zero-order chi connectivity index (χ0) is 18.0. The first-order valence-corrected chi connectivity index (χ1v) is 8.46. The number of aryl methyl sites for hydroxylation is 3. The van der Waals surface area contributed by atoms with Crippen LogP contribution in [0.15, 0.2) is 42.5 Å². The number of carbonyl (C=O) groups excluding carboxylic acids is 2. The molecule has 1 aliphatic rings. The van der Waals surface area contributed by atoms with Crippen LogP contribution in [0, 0.1) is 20.8 Å². The van der Waals surface area contributed by atoms with Gasteiger partial charge in [-0.1, -0.05) is 18.2 Å². The number of carbonyl (C=O) groups is 2. The van der Waals surface area contributed by atoms with Gasteiger partial charge in [0.15, 0.2) is 0 Å². The summed E-state index contributed by atoms with van der Waals surface area (Å²) in [4.78, 5) is 26.6. The molecular formula is C20H23N3O2.